The van der Waals surface area contributed by atoms with Gasteiger partial charge >= 0.3 is 0 Å². The molecule has 1 atom stereocenters. The van der Waals surface area contributed by atoms with Crippen LogP contribution in [0.2, 0.25) is 0 Å². The lowest BCUT2D eigenvalue weighted by Crippen LogP contribution is -2.10. The van der Waals surface area contributed by atoms with E-state index in [9.17, 15) is 0 Å². The van der Waals surface area contributed by atoms with Gasteiger partial charge in [-0.1, -0.05) is 11.8 Å². The number of hydrogen-bond donors (Lipinski definition) is 1. The predicted octanol–water partition coefficient (Wildman–Crippen LogP) is 1.60. The van der Waals surface area contributed by atoms with E-state index in [0.717, 1.165) is 23.4 Å². The van der Waals surface area contributed by atoms with Gasteiger partial charge in [0, 0.05) is 18.1 Å². The highest BCUT2D eigenvalue weighted by atomic mass is 35.5. The van der Waals surface area contributed by atoms with Crippen LogP contribution in [0.5, 0.6) is 0 Å². The third kappa shape index (κ3) is 3.44. The fraction of sp³-hybridized carbons (Fsp3) is 0.556. The van der Waals surface area contributed by atoms with E-state index in [1.165, 1.54) is 13.0 Å². The molecule has 1 unspecified atom stereocenters. The van der Waals surface area contributed by atoms with Crippen molar-refractivity contribution in [3.05, 3.63) is 18.5 Å². The van der Waals surface area contributed by atoms with Crippen LogP contribution in [0, 0.1) is 5.92 Å². The molecular formula is C9H14ClN3S. The standard InChI is InChI=1S/C9H13N3S.ClH/c1-3-11-9(12-4-1)13-7-8-2-5-10-6-8;/h1,3-4,8,10H,2,5-7H2;1H. The third-order valence-electron chi connectivity index (χ3n) is 2.15. The van der Waals surface area contributed by atoms with Crippen molar-refractivity contribution in [3.63, 3.8) is 0 Å². The van der Waals surface area contributed by atoms with Crippen LogP contribution in [0.4, 0.5) is 0 Å². The lowest BCUT2D eigenvalue weighted by Gasteiger charge is -2.05. The van der Waals surface area contributed by atoms with E-state index in [2.05, 4.69) is 15.3 Å². The number of rotatable bonds is 3. The van der Waals surface area contributed by atoms with E-state index in [4.69, 9.17) is 0 Å². The fourth-order valence-electron chi connectivity index (χ4n) is 1.41. The Hall–Kier alpha value is -0.320. The summed E-state index contributed by atoms with van der Waals surface area (Å²) in [6.07, 6.45) is 4.88. The molecule has 0 aromatic carbocycles. The molecule has 2 heterocycles. The summed E-state index contributed by atoms with van der Waals surface area (Å²) in [6, 6.07) is 1.85. The van der Waals surface area contributed by atoms with Crippen LogP contribution in [0.1, 0.15) is 6.42 Å². The van der Waals surface area contributed by atoms with Gasteiger partial charge in [-0.15, -0.1) is 12.4 Å². The molecular weight excluding hydrogens is 218 g/mol. The largest absolute Gasteiger partial charge is 0.316 e. The minimum absolute atomic E-state index is 0. The normalized spacial score (nSPS) is 20.4. The molecule has 2 rings (SSSR count). The summed E-state index contributed by atoms with van der Waals surface area (Å²) in [5.41, 5.74) is 0. The van der Waals surface area contributed by atoms with Gasteiger partial charge in [0.1, 0.15) is 0 Å². The van der Waals surface area contributed by atoms with Gasteiger partial charge in [-0.3, -0.25) is 0 Å². The number of aromatic nitrogens is 2. The maximum absolute atomic E-state index is 4.17. The van der Waals surface area contributed by atoms with Gasteiger partial charge in [0.15, 0.2) is 5.16 Å². The molecule has 1 saturated heterocycles. The molecule has 3 nitrogen and oxygen atoms in total. The molecule has 0 saturated carbocycles. The van der Waals surface area contributed by atoms with Crippen LogP contribution in [0.25, 0.3) is 0 Å². The number of halogens is 1. The molecule has 0 amide bonds. The number of nitrogens with one attached hydrogen (secondary N) is 1. The topological polar surface area (TPSA) is 37.8 Å². The smallest absolute Gasteiger partial charge is 0.187 e. The number of thioether (sulfide) groups is 1. The average Bonchev–Trinajstić information content (AvgIpc) is 2.69. The van der Waals surface area contributed by atoms with Crippen LogP contribution in [0.15, 0.2) is 23.6 Å². The summed E-state index contributed by atoms with van der Waals surface area (Å²) >= 11 is 1.76. The van der Waals surface area contributed by atoms with Crippen molar-refractivity contribution in [2.24, 2.45) is 5.92 Å². The van der Waals surface area contributed by atoms with Crippen LogP contribution >= 0.6 is 24.2 Å². The maximum Gasteiger partial charge on any atom is 0.187 e. The zero-order valence-corrected chi connectivity index (χ0v) is 9.48. The molecule has 1 aromatic heterocycles. The Balaban J connectivity index is 0.000000980. The SMILES string of the molecule is Cl.c1cnc(SCC2CCNC2)nc1. The molecule has 5 heteroatoms. The zero-order valence-electron chi connectivity index (χ0n) is 7.85. The molecule has 1 aromatic rings. The van der Waals surface area contributed by atoms with Gasteiger partial charge in [-0.05, 0) is 31.5 Å². The molecule has 1 aliphatic rings. The molecule has 1 fully saturated rings. The first-order chi connectivity index (χ1) is 6.45. The second-order valence-electron chi connectivity index (χ2n) is 3.20. The highest BCUT2D eigenvalue weighted by molar-refractivity contribution is 7.99. The van der Waals surface area contributed by atoms with Gasteiger partial charge in [0.05, 0.1) is 0 Å². The molecule has 0 spiro atoms. The van der Waals surface area contributed by atoms with Gasteiger partial charge in [-0.25, -0.2) is 9.97 Å². The van der Waals surface area contributed by atoms with Crippen LogP contribution in [0.3, 0.4) is 0 Å². The molecule has 1 aliphatic heterocycles. The lowest BCUT2D eigenvalue weighted by atomic mass is 10.2. The van der Waals surface area contributed by atoms with Gasteiger partial charge in [0.2, 0.25) is 0 Å². The van der Waals surface area contributed by atoms with E-state index in [1.54, 1.807) is 24.2 Å². The molecule has 0 aliphatic carbocycles. The third-order valence-corrected chi connectivity index (χ3v) is 3.26. The van der Waals surface area contributed by atoms with E-state index in [0.29, 0.717) is 0 Å². The van der Waals surface area contributed by atoms with E-state index in [-0.39, 0.29) is 12.4 Å². The first-order valence-corrected chi connectivity index (χ1v) is 5.54. The van der Waals surface area contributed by atoms with Crippen molar-refractivity contribution >= 4 is 24.2 Å². The lowest BCUT2D eigenvalue weighted by molar-refractivity contribution is 0.661. The highest BCUT2D eigenvalue weighted by Crippen LogP contribution is 2.19. The second kappa shape index (κ2) is 6.22. The van der Waals surface area contributed by atoms with E-state index in [1.807, 2.05) is 6.07 Å². The summed E-state index contributed by atoms with van der Waals surface area (Å²) in [5, 5.41) is 4.25. The number of nitrogens with zero attached hydrogens (tertiary/aromatic N) is 2. The van der Waals surface area contributed by atoms with Crippen molar-refractivity contribution < 1.29 is 0 Å². The van der Waals surface area contributed by atoms with E-state index >= 15 is 0 Å². The molecule has 78 valence electrons. The van der Waals surface area contributed by atoms with Crippen molar-refractivity contribution in [2.45, 2.75) is 11.6 Å². The van der Waals surface area contributed by atoms with Crippen LogP contribution in [-0.4, -0.2) is 28.8 Å². The Morgan fingerprint density at radius 1 is 1.43 bits per heavy atom. The van der Waals surface area contributed by atoms with Gasteiger partial charge in [-0.2, -0.15) is 0 Å². The molecule has 1 N–H and O–H groups in total. The summed E-state index contributed by atoms with van der Waals surface area (Å²) < 4.78 is 0. The van der Waals surface area contributed by atoms with Crippen molar-refractivity contribution in [3.8, 4) is 0 Å². The maximum atomic E-state index is 4.17. The van der Waals surface area contributed by atoms with Crippen LogP contribution in [-0.2, 0) is 0 Å². The second-order valence-corrected chi connectivity index (χ2v) is 4.19. The van der Waals surface area contributed by atoms with Crippen molar-refractivity contribution in [2.75, 3.05) is 18.8 Å². The predicted molar refractivity (Wildman–Crippen MR) is 61.0 cm³/mol. The number of hydrogen-bond acceptors (Lipinski definition) is 4. The van der Waals surface area contributed by atoms with Gasteiger partial charge < -0.3 is 5.32 Å². The summed E-state index contributed by atoms with van der Waals surface area (Å²) in [5.74, 6) is 1.94. The van der Waals surface area contributed by atoms with Gasteiger partial charge in [0.25, 0.3) is 0 Å². The van der Waals surface area contributed by atoms with Crippen molar-refractivity contribution in [1.29, 1.82) is 0 Å². The quantitative estimate of drug-likeness (QED) is 0.634. The Morgan fingerprint density at radius 2 is 2.21 bits per heavy atom. The fourth-order valence-corrected chi connectivity index (χ4v) is 2.35. The summed E-state index contributed by atoms with van der Waals surface area (Å²) in [4.78, 5) is 8.34. The average molecular weight is 232 g/mol. The van der Waals surface area contributed by atoms with E-state index < -0.39 is 0 Å². The first-order valence-electron chi connectivity index (χ1n) is 4.55. The molecule has 0 bridgehead atoms. The molecule has 0 radical (unpaired) electrons. The Bertz CT molecular complexity index is 251. The molecule has 14 heavy (non-hydrogen) atoms. The van der Waals surface area contributed by atoms with Crippen molar-refractivity contribution in [1.82, 2.24) is 15.3 Å². The minimum Gasteiger partial charge on any atom is -0.316 e. The minimum atomic E-state index is 0. The Labute approximate surface area is 94.5 Å². The van der Waals surface area contributed by atoms with Crippen LogP contribution < -0.4 is 5.32 Å². The summed E-state index contributed by atoms with van der Waals surface area (Å²) in [7, 11) is 0. The summed E-state index contributed by atoms with van der Waals surface area (Å²) in [6.45, 7) is 2.32. The monoisotopic (exact) mass is 231 g/mol. The Morgan fingerprint density at radius 3 is 2.86 bits per heavy atom. The Kier molecular flexibility index (Phi) is 5.22. The highest BCUT2D eigenvalue weighted by Gasteiger charge is 2.14. The first kappa shape index (κ1) is 11.8. The zero-order chi connectivity index (χ0) is 8.93.